The first-order chi connectivity index (χ1) is 21.5. The second-order valence-corrected chi connectivity index (χ2v) is 12.4. The molecule has 0 aliphatic heterocycles. The lowest BCUT2D eigenvalue weighted by Gasteiger charge is -2.16. The van der Waals surface area contributed by atoms with Crippen LogP contribution in [0.1, 0.15) is 39.6 Å². The highest BCUT2D eigenvalue weighted by Crippen LogP contribution is 2.45. The van der Waals surface area contributed by atoms with Crippen LogP contribution in [0.3, 0.4) is 0 Å². The Balaban J connectivity index is 1.43. The smallest absolute Gasteiger partial charge is 0.416 e. The average molecular weight is 657 g/mol. The number of alkyl halides is 3. The summed E-state index contributed by atoms with van der Waals surface area (Å²) in [6.07, 6.45) is -4.00. The number of halogens is 4. The Morgan fingerprint density at radius 3 is 2.38 bits per heavy atom. The minimum absolute atomic E-state index is 0.196. The molecule has 5 aromatic rings. The highest BCUT2D eigenvalue weighted by Gasteiger charge is 2.30. The van der Waals surface area contributed by atoms with Gasteiger partial charge in [-0.3, -0.25) is 0 Å². The molecule has 2 aromatic heterocycles. The molecule has 0 fully saturated rings. The summed E-state index contributed by atoms with van der Waals surface area (Å²) < 4.78 is 69.1. The van der Waals surface area contributed by atoms with Crippen molar-refractivity contribution in [2.24, 2.45) is 0 Å². The maximum atomic E-state index is 13.4. The van der Waals surface area contributed by atoms with Crippen LogP contribution in [0.2, 0.25) is 0 Å². The van der Waals surface area contributed by atoms with Crippen molar-refractivity contribution in [2.45, 2.75) is 43.5 Å². The van der Waals surface area contributed by atoms with Crippen molar-refractivity contribution in [3.05, 3.63) is 106 Å². The molecule has 0 aliphatic carbocycles. The Morgan fingerprint density at radius 2 is 1.71 bits per heavy atom. The van der Waals surface area contributed by atoms with Gasteiger partial charge in [0.1, 0.15) is 28.0 Å². The zero-order valence-corrected chi connectivity index (χ0v) is 26.1. The SMILES string of the molecule is CCOC(=O)COc1ccc(SC(Cc2cc(-c3ccc(F)cc3)no2)c2sc(-c3ccc(C(F)(F)F)cc3)nc2C)cc1C. The molecule has 0 saturated heterocycles. The van der Waals surface area contributed by atoms with Crippen molar-refractivity contribution in [3.8, 4) is 27.6 Å². The van der Waals surface area contributed by atoms with Crippen molar-refractivity contribution < 1.29 is 36.4 Å². The number of carbonyl (C=O) groups is 1. The van der Waals surface area contributed by atoms with Crippen molar-refractivity contribution >= 4 is 29.1 Å². The first kappa shape index (κ1) is 32.2. The van der Waals surface area contributed by atoms with Crippen molar-refractivity contribution in [1.29, 1.82) is 0 Å². The van der Waals surface area contributed by atoms with E-state index < -0.39 is 17.7 Å². The normalized spacial score (nSPS) is 12.2. The molecule has 12 heteroatoms. The Bertz CT molecular complexity index is 1770. The second kappa shape index (κ2) is 13.9. The van der Waals surface area contributed by atoms with E-state index in [0.29, 0.717) is 39.8 Å². The largest absolute Gasteiger partial charge is 0.482 e. The van der Waals surface area contributed by atoms with Gasteiger partial charge >= 0.3 is 12.1 Å². The number of esters is 1. The quantitative estimate of drug-likeness (QED) is 0.0797. The molecule has 0 N–H and O–H groups in total. The monoisotopic (exact) mass is 656 g/mol. The van der Waals surface area contributed by atoms with Gasteiger partial charge in [-0.15, -0.1) is 23.1 Å². The highest BCUT2D eigenvalue weighted by atomic mass is 32.2. The summed E-state index contributed by atoms with van der Waals surface area (Å²) in [6, 6.07) is 18.4. The zero-order valence-electron chi connectivity index (χ0n) is 24.5. The molecular weight excluding hydrogens is 628 g/mol. The summed E-state index contributed by atoms with van der Waals surface area (Å²) in [5.74, 6) is 0.353. The minimum Gasteiger partial charge on any atom is -0.482 e. The third-order valence-corrected chi connectivity index (χ3v) is 9.43. The molecule has 3 aromatic carbocycles. The van der Waals surface area contributed by atoms with E-state index in [-0.39, 0.29) is 24.3 Å². The zero-order chi connectivity index (χ0) is 32.1. The van der Waals surface area contributed by atoms with Crippen molar-refractivity contribution in [2.75, 3.05) is 13.2 Å². The van der Waals surface area contributed by atoms with Gasteiger partial charge < -0.3 is 14.0 Å². The summed E-state index contributed by atoms with van der Waals surface area (Å²) in [6.45, 7) is 5.55. The van der Waals surface area contributed by atoms with E-state index in [1.165, 1.54) is 35.6 Å². The van der Waals surface area contributed by atoms with E-state index in [0.717, 1.165) is 33.2 Å². The average Bonchev–Trinajstić information content (AvgIpc) is 3.63. The summed E-state index contributed by atoms with van der Waals surface area (Å²) in [5, 5.41) is 4.58. The van der Waals surface area contributed by atoms with E-state index in [2.05, 4.69) is 5.16 Å². The Labute approximate surface area is 265 Å². The van der Waals surface area contributed by atoms with Gasteiger partial charge in [0.05, 0.1) is 23.1 Å². The molecule has 1 unspecified atom stereocenters. The standard InChI is InChI=1S/C33H28F4N2O4S2/c1-4-41-30(40)18-42-28-14-13-26(15-19(28)2)44-29(17-25-16-27(39-43-25)21-7-11-24(34)12-8-21)31-20(3)38-32(45-31)22-5-9-23(10-6-22)33(35,36)37/h5-16,29H,4,17-18H2,1-3H3. The minimum atomic E-state index is -4.43. The number of thioether (sulfide) groups is 1. The van der Waals surface area contributed by atoms with Gasteiger partial charge in [-0.05, 0) is 80.9 Å². The third-order valence-electron chi connectivity index (χ3n) is 6.75. The third kappa shape index (κ3) is 8.12. The molecular formula is C33H28F4N2O4S2. The van der Waals surface area contributed by atoms with Crippen molar-refractivity contribution in [3.63, 3.8) is 0 Å². The van der Waals surface area contributed by atoms with E-state index in [9.17, 15) is 22.4 Å². The molecule has 0 bridgehead atoms. The van der Waals surface area contributed by atoms with Crippen LogP contribution in [0.25, 0.3) is 21.8 Å². The molecule has 0 radical (unpaired) electrons. The first-order valence-electron chi connectivity index (χ1n) is 13.9. The Morgan fingerprint density at radius 1 is 1.00 bits per heavy atom. The number of carbonyl (C=O) groups excluding carboxylic acids is 1. The van der Waals surface area contributed by atoms with Crippen LogP contribution >= 0.6 is 23.1 Å². The summed E-state index contributed by atoms with van der Waals surface area (Å²) in [4.78, 5) is 18.3. The Kier molecular flexibility index (Phi) is 9.93. The van der Waals surface area contributed by atoms with Crippen LogP contribution in [0.5, 0.6) is 5.75 Å². The molecule has 1 atom stereocenters. The van der Waals surface area contributed by atoms with Gasteiger partial charge in [-0.2, -0.15) is 13.2 Å². The van der Waals surface area contributed by atoms with E-state index in [4.69, 9.17) is 19.0 Å². The van der Waals surface area contributed by atoms with Crippen LogP contribution in [0, 0.1) is 19.7 Å². The molecule has 6 nitrogen and oxygen atoms in total. The maximum absolute atomic E-state index is 13.4. The van der Waals surface area contributed by atoms with Gasteiger partial charge in [-0.25, -0.2) is 14.2 Å². The molecule has 0 amide bonds. The molecule has 45 heavy (non-hydrogen) atoms. The lowest BCUT2D eigenvalue weighted by atomic mass is 10.1. The van der Waals surface area contributed by atoms with Gasteiger partial charge in [0.2, 0.25) is 0 Å². The van der Waals surface area contributed by atoms with Gasteiger partial charge in [0.25, 0.3) is 0 Å². The van der Waals surface area contributed by atoms with Gasteiger partial charge in [0.15, 0.2) is 6.61 Å². The molecule has 0 spiro atoms. The number of aryl methyl sites for hydroxylation is 2. The van der Waals surface area contributed by atoms with Crippen molar-refractivity contribution in [1.82, 2.24) is 10.1 Å². The first-order valence-corrected chi connectivity index (χ1v) is 15.6. The molecule has 5 rings (SSSR count). The topological polar surface area (TPSA) is 74.5 Å². The number of rotatable bonds is 11. The van der Waals surface area contributed by atoms with E-state index in [1.54, 1.807) is 36.9 Å². The number of hydrogen-bond donors (Lipinski definition) is 0. The lowest BCUT2D eigenvalue weighted by Crippen LogP contribution is -2.14. The molecule has 0 saturated carbocycles. The van der Waals surface area contributed by atoms with Crippen LogP contribution in [0.4, 0.5) is 17.6 Å². The molecule has 234 valence electrons. The van der Waals surface area contributed by atoms with E-state index in [1.807, 2.05) is 32.0 Å². The van der Waals surface area contributed by atoms with Gasteiger partial charge in [0, 0.05) is 33.4 Å². The van der Waals surface area contributed by atoms with Crippen LogP contribution < -0.4 is 4.74 Å². The maximum Gasteiger partial charge on any atom is 0.416 e. The fourth-order valence-electron chi connectivity index (χ4n) is 4.53. The van der Waals surface area contributed by atoms with E-state index >= 15 is 0 Å². The fourth-order valence-corrected chi connectivity index (χ4v) is 7.12. The predicted molar refractivity (Wildman–Crippen MR) is 165 cm³/mol. The lowest BCUT2D eigenvalue weighted by molar-refractivity contribution is -0.145. The summed E-state index contributed by atoms with van der Waals surface area (Å²) >= 11 is 2.97. The Hall–Kier alpha value is -4.16. The number of benzene rings is 3. The van der Waals surface area contributed by atoms with Crippen LogP contribution in [-0.4, -0.2) is 29.3 Å². The summed E-state index contributed by atoms with van der Waals surface area (Å²) in [7, 11) is 0. The highest BCUT2D eigenvalue weighted by molar-refractivity contribution is 7.99. The summed E-state index contributed by atoms with van der Waals surface area (Å²) in [5.41, 5.74) is 2.72. The number of ether oxygens (including phenoxy) is 2. The number of thiazole rings is 1. The van der Waals surface area contributed by atoms with Crippen LogP contribution in [0.15, 0.2) is 82.2 Å². The second-order valence-electron chi connectivity index (χ2n) is 10.1. The van der Waals surface area contributed by atoms with Crippen LogP contribution in [-0.2, 0) is 22.1 Å². The molecule has 0 aliphatic rings. The molecule has 2 heterocycles. The van der Waals surface area contributed by atoms with Gasteiger partial charge in [-0.1, -0.05) is 17.3 Å². The number of aromatic nitrogens is 2. The fraction of sp³-hybridized carbons (Fsp3) is 0.242. The number of hydrogen-bond acceptors (Lipinski definition) is 8. The predicted octanol–water partition coefficient (Wildman–Crippen LogP) is 9.26. The number of nitrogens with zero attached hydrogens (tertiary/aromatic N) is 2.